The maximum absolute atomic E-state index is 13.8. The van der Waals surface area contributed by atoms with Gasteiger partial charge in [-0.25, -0.2) is 9.36 Å². The van der Waals surface area contributed by atoms with E-state index in [0.29, 0.717) is 22.8 Å². The molecule has 7 nitrogen and oxygen atoms in total. The first-order valence-electron chi connectivity index (χ1n) is 13.3. The Hall–Kier alpha value is -4.99. The Morgan fingerprint density at radius 1 is 0.881 bits per heavy atom. The largest absolute Gasteiger partial charge is 0.416 e. The number of pyridine rings is 1. The van der Waals surface area contributed by atoms with Crippen LogP contribution in [0.25, 0.3) is 11.4 Å². The fourth-order valence-corrected chi connectivity index (χ4v) is 4.68. The number of amides is 1. The van der Waals surface area contributed by atoms with E-state index in [-0.39, 0.29) is 18.9 Å². The van der Waals surface area contributed by atoms with Gasteiger partial charge in [-0.3, -0.25) is 9.78 Å². The van der Waals surface area contributed by atoms with E-state index in [0.717, 1.165) is 23.3 Å². The van der Waals surface area contributed by atoms with Crippen molar-refractivity contribution in [2.45, 2.75) is 39.0 Å². The van der Waals surface area contributed by atoms with E-state index in [2.05, 4.69) is 4.98 Å². The molecule has 5 rings (SSSR count). The minimum absolute atomic E-state index is 0.142. The van der Waals surface area contributed by atoms with Gasteiger partial charge in [0, 0.05) is 18.9 Å². The summed E-state index contributed by atoms with van der Waals surface area (Å²) in [7, 11) is 0. The van der Waals surface area contributed by atoms with E-state index in [1.165, 1.54) is 21.4 Å². The molecule has 10 heteroatoms. The number of halogens is 3. The molecule has 214 valence electrons. The Morgan fingerprint density at radius 3 is 2.19 bits per heavy atom. The molecule has 0 radical (unpaired) electrons. The van der Waals surface area contributed by atoms with Crippen LogP contribution in [0.3, 0.4) is 0 Å². The Kier molecular flexibility index (Phi) is 8.06. The van der Waals surface area contributed by atoms with E-state index in [1.807, 2.05) is 43.3 Å². The average molecular weight is 572 g/mol. The smallest absolute Gasteiger partial charge is 0.328 e. The molecule has 0 N–H and O–H groups in total. The van der Waals surface area contributed by atoms with Gasteiger partial charge in [0.05, 0.1) is 29.4 Å². The van der Waals surface area contributed by atoms with Gasteiger partial charge >= 0.3 is 11.9 Å². The number of aromatic nitrogens is 4. The second-order valence-electron chi connectivity index (χ2n) is 9.99. The summed E-state index contributed by atoms with van der Waals surface area (Å²) in [5, 5.41) is 4.70. The number of hydrogen-bond acceptors (Lipinski definition) is 4. The molecule has 0 saturated heterocycles. The van der Waals surface area contributed by atoms with Crippen LogP contribution in [0.2, 0.25) is 0 Å². The lowest BCUT2D eigenvalue weighted by Crippen LogP contribution is -2.36. The van der Waals surface area contributed by atoms with Crippen molar-refractivity contribution in [3.63, 3.8) is 0 Å². The fourth-order valence-electron chi connectivity index (χ4n) is 4.68. The molecule has 0 aliphatic rings. The zero-order valence-electron chi connectivity index (χ0n) is 23.0. The number of rotatable bonds is 8. The van der Waals surface area contributed by atoms with Crippen molar-refractivity contribution < 1.29 is 18.0 Å². The Labute approximate surface area is 240 Å². The zero-order valence-corrected chi connectivity index (χ0v) is 23.0. The van der Waals surface area contributed by atoms with E-state index >= 15 is 0 Å². The minimum atomic E-state index is -4.47. The van der Waals surface area contributed by atoms with Gasteiger partial charge in [-0.1, -0.05) is 54.1 Å². The predicted octanol–water partition coefficient (Wildman–Crippen LogP) is 6.08. The quantitative estimate of drug-likeness (QED) is 0.226. The topological polar surface area (TPSA) is 73.0 Å². The van der Waals surface area contributed by atoms with Crippen LogP contribution in [0.15, 0.2) is 108 Å². The summed E-state index contributed by atoms with van der Waals surface area (Å²) < 4.78 is 42.0. The first kappa shape index (κ1) is 28.5. The first-order valence-corrected chi connectivity index (χ1v) is 13.3. The lowest BCUT2D eigenvalue weighted by molar-refractivity contribution is -0.137. The van der Waals surface area contributed by atoms with Crippen molar-refractivity contribution in [1.29, 1.82) is 0 Å². The van der Waals surface area contributed by atoms with Crippen molar-refractivity contribution in [1.82, 2.24) is 24.2 Å². The molecule has 1 amide bonds. The lowest BCUT2D eigenvalue weighted by atomic mass is 10.1. The normalized spacial score (nSPS) is 12.2. The number of para-hydroxylation sites is 1. The molecule has 0 spiro atoms. The Balaban J connectivity index is 1.57. The molecule has 0 aliphatic heterocycles. The average Bonchev–Trinajstić information content (AvgIpc) is 3.33. The van der Waals surface area contributed by atoms with Crippen LogP contribution < -0.4 is 5.69 Å². The van der Waals surface area contributed by atoms with Crippen molar-refractivity contribution in [2.75, 3.05) is 0 Å². The van der Waals surface area contributed by atoms with Gasteiger partial charge in [-0.2, -0.15) is 17.9 Å². The molecule has 0 bridgehead atoms. The van der Waals surface area contributed by atoms with Crippen molar-refractivity contribution in [3.05, 3.63) is 142 Å². The first-order chi connectivity index (χ1) is 20.1. The minimum Gasteiger partial charge on any atom is -0.328 e. The third-order valence-corrected chi connectivity index (χ3v) is 6.97. The van der Waals surface area contributed by atoms with Gasteiger partial charge in [0.25, 0.3) is 0 Å². The van der Waals surface area contributed by atoms with Gasteiger partial charge < -0.3 is 4.90 Å². The van der Waals surface area contributed by atoms with Gasteiger partial charge in [0.1, 0.15) is 0 Å². The van der Waals surface area contributed by atoms with Gasteiger partial charge in [-0.15, -0.1) is 5.10 Å². The van der Waals surface area contributed by atoms with E-state index < -0.39 is 23.5 Å². The summed E-state index contributed by atoms with van der Waals surface area (Å²) in [6, 6.07) is 23.8. The van der Waals surface area contributed by atoms with Crippen LogP contribution in [0.1, 0.15) is 41.0 Å². The molecule has 0 fully saturated rings. The second-order valence-corrected chi connectivity index (χ2v) is 9.99. The zero-order chi connectivity index (χ0) is 29.9. The molecular formula is C32H28F3N5O2. The summed E-state index contributed by atoms with van der Waals surface area (Å²) in [5.74, 6) is -0.0133. The molecular weight excluding hydrogens is 543 g/mol. The number of nitrogens with zero attached hydrogens (tertiary/aromatic N) is 5. The number of hydrogen-bond donors (Lipinski definition) is 0. The third kappa shape index (κ3) is 6.17. The summed E-state index contributed by atoms with van der Waals surface area (Å²) in [4.78, 5) is 33.3. The summed E-state index contributed by atoms with van der Waals surface area (Å²) in [6.07, 6.45) is -1.35. The highest BCUT2D eigenvalue weighted by Gasteiger charge is 2.31. The van der Waals surface area contributed by atoms with Crippen LogP contribution in [0, 0.1) is 6.92 Å². The Bertz CT molecular complexity index is 1710. The number of carbonyl (C=O) groups excluding carboxylic acids is 1. The van der Waals surface area contributed by atoms with Crippen LogP contribution in [-0.2, 0) is 23.9 Å². The van der Waals surface area contributed by atoms with Gasteiger partial charge in [0.2, 0.25) is 5.91 Å². The molecule has 3 aromatic carbocycles. The predicted molar refractivity (Wildman–Crippen MR) is 152 cm³/mol. The van der Waals surface area contributed by atoms with E-state index in [9.17, 15) is 22.8 Å². The van der Waals surface area contributed by atoms with Crippen LogP contribution in [0.5, 0.6) is 0 Å². The van der Waals surface area contributed by atoms with Crippen LogP contribution in [0.4, 0.5) is 13.2 Å². The molecule has 0 aliphatic carbocycles. The van der Waals surface area contributed by atoms with E-state index in [4.69, 9.17) is 5.10 Å². The monoisotopic (exact) mass is 571 g/mol. The number of aryl methyl sites for hydroxylation is 1. The highest BCUT2D eigenvalue weighted by Crippen LogP contribution is 2.30. The molecule has 2 heterocycles. The van der Waals surface area contributed by atoms with Crippen molar-refractivity contribution in [2.24, 2.45) is 0 Å². The summed E-state index contributed by atoms with van der Waals surface area (Å²) in [5.41, 5.74) is 2.17. The standard InChI is InChI=1S/C32H28F3N5O2/c1-22-10-16-27(17-11-22)39-30(37-40(31(39)42)28-8-4-3-5-9-28)23(2)38(21-25-7-6-18-36-20-25)29(41)19-24-12-14-26(15-13-24)32(33,34)35/h3-18,20,23H,19,21H2,1-2H3. The highest BCUT2D eigenvalue weighted by atomic mass is 19.4. The highest BCUT2D eigenvalue weighted by molar-refractivity contribution is 5.79. The third-order valence-electron chi connectivity index (χ3n) is 6.97. The van der Waals surface area contributed by atoms with Crippen LogP contribution >= 0.6 is 0 Å². The molecule has 42 heavy (non-hydrogen) atoms. The second kappa shape index (κ2) is 11.9. The molecule has 2 aromatic heterocycles. The maximum atomic E-state index is 13.8. The maximum Gasteiger partial charge on any atom is 0.416 e. The molecule has 5 aromatic rings. The fraction of sp³-hybridized carbons (Fsp3) is 0.188. The number of alkyl halides is 3. The lowest BCUT2D eigenvalue weighted by Gasteiger charge is -2.29. The summed E-state index contributed by atoms with van der Waals surface area (Å²) >= 11 is 0. The number of benzene rings is 3. The number of carbonyl (C=O) groups is 1. The van der Waals surface area contributed by atoms with Gasteiger partial charge in [-0.05, 0) is 67.4 Å². The van der Waals surface area contributed by atoms with Crippen LogP contribution in [-0.4, -0.2) is 30.1 Å². The molecule has 0 saturated carbocycles. The van der Waals surface area contributed by atoms with E-state index in [1.54, 1.807) is 54.5 Å². The summed E-state index contributed by atoms with van der Waals surface area (Å²) in [6.45, 7) is 3.87. The molecule has 1 unspecified atom stereocenters. The Morgan fingerprint density at radius 2 is 1.57 bits per heavy atom. The van der Waals surface area contributed by atoms with Gasteiger partial charge in [0.15, 0.2) is 5.82 Å². The van der Waals surface area contributed by atoms with Crippen molar-refractivity contribution >= 4 is 5.91 Å². The molecule has 1 atom stereocenters. The SMILES string of the molecule is Cc1ccc(-n2c(C(C)N(Cc3cccnc3)C(=O)Cc3ccc(C(F)(F)F)cc3)nn(-c3ccccc3)c2=O)cc1. The van der Waals surface area contributed by atoms with Crippen molar-refractivity contribution in [3.8, 4) is 11.4 Å².